The molecule has 1 saturated carbocycles. The Bertz CT molecular complexity index is 2180. The van der Waals surface area contributed by atoms with Crippen LogP contribution in [-0.2, 0) is 19.1 Å². The third-order valence-electron chi connectivity index (χ3n) is 12.7. The molecule has 12 nitrogen and oxygen atoms in total. The van der Waals surface area contributed by atoms with Gasteiger partial charge in [0.2, 0.25) is 11.8 Å². The SMILES string of the molecule is COC(=O)N[C@H](C(=O)N1CC2(CC2)C[C@H]1c1ncc(-c2ccc(C#Cc3ccc4nc([C@@H]5C[C@]6(CCCO6)CN5C(=O)[C@@H](C)C(C)C)[nH]c4c3)cc2)[nH]1)C(C)C. The van der Waals surface area contributed by atoms with E-state index < -0.39 is 12.1 Å². The van der Waals surface area contributed by atoms with Crippen molar-refractivity contribution in [1.82, 2.24) is 35.1 Å². The van der Waals surface area contributed by atoms with Crippen molar-refractivity contribution >= 4 is 28.9 Å². The number of aromatic amines is 2. The molecule has 2 spiro atoms. The molecule has 2 aromatic carbocycles. The van der Waals surface area contributed by atoms with Gasteiger partial charge >= 0.3 is 6.09 Å². The Kier molecular flexibility index (Phi) is 9.94. The van der Waals surface area contributed by atoms with Gasteiger partial charge in [-0.1, -0.05) is 58.6 Å². The second-order valence-corrected chi connectivity index (χ2v) is 17.3. The highest BCUT2D eigenvalue weighted by Crippen LogP contribution is 2.58. The smallest absolute Gasteiger partial charge is 0.407 e. The second kappa shape index (κ2) is 14.7. The fourth-order valence-corrected chi connectivity index (χ4v) is 8.76. The summed E-state index contributed by atoms with van der Waals surface area (Å²) in [5.41, 5.74) is 5.15. The maximum Gasteiger partial charge on any atom is 0.407 e. The molecule has 0 bridgehead atoms. The van der Waals surface area contributed by atoms with Crippen LogP contribution in [-0.4, -0.2) is 86.1 Å². The van der Waals surface area contributed by atoms with Gasteiger partial charge in [-0.2, -0.15) is 0 Å². The van der Waals surface area contributed by atoms with Crippen molar-refractivity contribution in [1.29, 1.82) is 0 Å². The van der Waals surface area contributed by atoms with Crippen LogP contribution in [0.15, 0.2) is 48.7 Å². The second-order valence-electron chi connectivity index (χ2n) is 17.3. The number of methoxy groups -OCH3 is 1. The topological polar surface area (TPSA) is 146 Å². The van der Waals surface area contributed by atoms with E-state index in [1.807, 2.05) is 79.2 Å². The monoisotopic (exact) mass is 759 g/mol. The van der Waals surface area contributed by atoms with Crippen LogP contribution in [0.1, 0.15) is 108 Å². The molecular formula is C44H53N7O5. The summed E-state index contributed by atoms with van der Waals surface area (Å²) in [5, 5.41) is 2.74. The van der Waals surface area contributed by atoms with Gasteiger partial charge in [-0.15, -0.1) is 0 Å². The van der Waals surface area contributed by atoms with Gasteiger partial charge in [0.25, 0.3) is 0 Å². The maximum absolute atomic E-state index is 13.8. The zero-order valence-electron chi connectivity index (χ0n) is 33.3. The largest absolute Gasteiger partial charge is 0.453 e. The van der Waals surface area contributed by atoms with Crippen LogP contribution in [0.25, 0.3) is 22.3 Å². The Morgan fingerprint density at radius 2 is 1.59 bits per heavy atom. The Labute approximate surface area is 328 Å². The Hall–Kier alpha value is -5.15. The summed E-state index contributed by atoms with van der Waals surface area (Å²) in [6, 6.07) is 13.0. The van der Waals surface area contributed by atoms with Gasteiger partial charge < -0.3 is 34.6 Å². The van der Waals surface area contributed by atoms with Crippen molar-refractivity contribution < 1.29 is 23.9 Å². The first kappa shape index (κ1) is 37.8. The predicted molar refractivity (Wildman–Crippen MR) is 212 cm³/mol. The van der Waals surface area contributed by atoms with E-state index in [4.69, 9.17) is 19.4 Å². The number of hydrogen-bond acceptors (Lipinski definition) is 7. The van der Waals surface area contributed by atoms with E-state index in [1.165, 1.54) is 7.11 Å². The number of benzene rings is 2. The molecule has 4 fully saturated rings. The zero-order valence-corrected chi connectivity index (χ0v) is 33.3. The molecule has 1 aliphatic carbocycles. The zero-order chi connectivity index (χ0) is 39.4. The quantitative estimate of drug-likeness (QED) is 0.166. The molecular weight excluding hydrogens is 707 g/mol. The lowest BCUT2D eigenvalue weighted by Crippen LogP contribution is -2.51. The average molecular weight is 760 g/mol. The lowest BCUT2D eigenvalue weighted by molar-refractivity contribution is -0.138. The van der Waals surface area contributed by atoms with Crippen molar-refractivity contribution in [3.63, 3.8) is 0 Å². The van der Waals surface area contributed by atoms with Crippen LogP contribution in [0.2, 0.25) is 0 Å². The number of alkyl carbamates (subject to hydrolysis) is 1. The third-order valence-corrected chi connectivity index (χ3v) is 12.7. The van der Waals surface area contributed by atoms with Gasteiger partial charge in [-0.05, 0) is 85.3 Å². The fourth-order valence-electron chi connectivity index (χ4n) is 8.76. The number of H-pyrrole nitrogens is 2. The number of hydrogen-bond donors (Lipinski definition) is 3. The number of carbonyl (C=O) groups is 3. The molecule has 3 aliphatic heterocycles. The number of ether oxygens (including phenoxy) is 2. The number of amides is 3. The number of nitrogens with one attached hydrogen (secondary N) is 3. The molecule has 12 heteroatoms. The molecule has 8 rings (SSSR count). The van der Waals surface area contributed by atoms with Crippen LogP contribution in [0.4, 0.5) is 4.79 Å². The summed E-state index contributed by atoms with van der Waals surface area (Å²) in [6.07, 6.45) is 6.98. The van der Waals surface area contributed by atoms with Gasteiger partial charge in [-0.25, -0.2) is 14.8 Å². The van der Waals surface area contributed by atoms with E-state index >= 15 is 0 Å². The number of nitrogens with zero attached hydrogens (tertiary/aromatic N) is 4. The van der Waals surface area contributed by atoms with Crippen LogP contribution in [0.3, 0.4) is 0 Å². The minimum absolute atomic E-state index is 0.0804. The molecule has 3 saturated heterocycles. The van der Waals surface area contributed by atoms with Crippen molar-refractivity contribution in [3.8, 4) is 23.1 Å². The molecule has 0 radical (unpaired) electrons. The van der Waals surface area contributed by atoms with E-state index in [9.17, 15) is 14.4 Å². The summed E-state index contributed by atoms with van der Waals surface area (Å²) < 4.78 is 11.1. The van der Waals surface area contributed by atoms with E-state index in [-0.39, 0.29) is 52.7 Å². The fraction of sp³-hybridized carbons (Fsp3) is 0.523. The third kappa shape index (κ3) is 7.29. The molecule has 4 aliphatic rings. The maximum atomic E-state index is 13.8. The number of likely N-dealkylation sites (tertiary alicyclic amines) is 2. The molecule has 5 atom stereocenters. The lowest BCUT2D eigenvalue weighted by atomic mass is 9.96. The molecule has 3 N–H and O–H groups in total. The predicted octanol–water partition coefficient (Wildman–Crippen LogP) is 6.90. The molecule has 294 valence electrons. The first-order valence-corrected chi connectivity index (χ1v) is 20.1. The minimum atomic E-state index is -0.682. The van der Waals surface area contributed by atoms with Gasteiger partial charge in [0.05, 0.1) is 54.3 Å². The standard InChI is InChI=1S/C44H53N7O5/c1-26(2)28(5)40(52)51-25-44(16-7-19-56-44)22-36(51)39-46-32-15-12-30(20-33(32)47-39)9-8-29-10-13-31(14-11-29)34-23-45-38(48-34)35-21-43(17-18-43)24-50(35)41(53)37(27(3)4)49-42(54)55-6/h10-15,20,23,26-28,35-37H,7,16-19,21-22,24-25H2,1-6H3,(H,45,48)(H,46,47)(H,49,54)/t28-,35-,36-,37-,44+/m0/s1. The van der Waals surface area contributed by atoms with Crippen molar-refractivity contribution in [3.05, 3.63) is 71.4 Å². The molecule has 5 heterocycles. The van der Waals surface area contributed by atoms with E-state index in [2.05, 4.69) is 41.0 Å². The van der Waals surface area contributed by atoms with E-state index in [0.29, 0.717) is 13.1 Å². The van der Waals surface area contributed by atoms with Crippen LogP contribution in [0.5, 0.6) is 0 Å². The van der Waals surface area contributed by atoms with Gasteiger partial charge in [0, 0.05) is 36.6 Å². The van der Waals surface area contributed by atoms with E-state index in [1.54, 1.807) is 0 Å². The normalized spacial score (nSPS) is 23.6. The Morgan fingerprint density at radius 1 is 0.875 bits per heavy atom. The Morgan fingerprint density at radius 3 is 2.27 bits per heavy atom. The number of fused-ring (bicyclic) bond motifs is 1. The molecule has 56 heavy (non-hydrogen) atoms. The Balaban J connectivity index is 0.966. The van der Waals surface area contributed by atoms with Crippen LogP contribution >= 0.6 is 0 Å². The van der Waals surface area contributed by atoms with E-state index in [0.717, 1.165) is 90.2 Å². The summed E-state index contributed by atoms with van der Waals surface area (Å²) in [4.78, 5) is 60.2. The molecule has 0 unspecified atom stereocenters. The highest BCUT2D eigenvalue weighted by atomic mass is 16.5. The van der Waals surface area contributed by atoms with Gasteiger partial charge in [-0.3, -0.25) is 9.59 Å². The highest BCUT2D eigenvalue weighted by Gasteiger charge is 2.55. The van der Waals surface area contributed by atoms with Crippen molar-refractivity contribution in [2.75, 3.05) is 26.8 Å². The van der Waals surface area contributed by atoms with Crippen LogP contribution in [0, 0.1) is 35.0 Å². The van der Waals surface area contributed by atoms with Crippen molar-refractivity contribution in [2.45, 2.75) is 96.9 Å². The number of aromatic nitrogens is 4. The summed E-state index contributed by atoms with van der Waals surface area (Å²) in [5.74, 6) is 8.29. The molecule has 4 aromatic rings. The molecule has 3 amide bonds. The van der Waals surface area contributed by atoms with Gasteiger partial charge in [0.15, 0.2) is 0 Å². The number of rotatable bonds is 8. The first-order chi connectivity index (χ1) is 26.9. The lowest BCUT2D eigenvalue weighted by Gasteiger charge is -2.30. The molecule has 2 aromatic heterocycles. The first-order valence-electron chi connectivity index (χ1n) is 20.1. The van der Waals surface area contributed by atoms with Gasteiger partial charge in [0.1, 0.15) is 17.7 Å². The summed E-state index contributed by atoms with van der Waals surface area (Å²) in [6.45, 7) is 12.1. The average Bonchev–Trinajstić information content (AvgIpc) is 3.79. The minimum Gasteiger partial charge on any atom is -0.453 e. The summed E-state index contributed by atoms with van der Waals surface area (Å²) >= 11 is 0. The number of imidazole rings is 2. The highest BCUT2D eigenvalue weighted by molar-refractivity contribution is 5.86. The van der Waals surface area contributed by atoms with Crippen LogP contribution < -0.4 is 5.32 Å². The van der Waals surface area contributed by atoms with Crippen molar-refractivity contribution in [2.24, 2.45) is 23.2 Å². The summed E-state index contributed by atoms with van der Waals surface area (Å²) in [7, 11) is 1.31. The number of carbonyl (C=O) groups excluding carboxylic acids is 3.